The van der Waals surface area contributed by atoms with Crippen LogP contribution in [0.4, 0.5) is 20.2 Å². The number of benzene rings is 2. The van der Waals surface area contributed by atoms with Crippen molar-refractivity contribution in [3.8, 4) is 11.3 Å². The number of carbonyl (C=O) groups is 1. The van der Waals surface area contributed by atoms with Gasteiger partial charge in [0.05, 0.1) is 33.3 Å². The van der Waals surface area contributed by atoms with E-state index in [9.17, 15) is 39.5 Å². The molecule has 40 heavy (non-hydrogen) atoms. The summed E-state index contributed by atoms with van der Waals surface area (Å²) in [6, 6.07) is 2.32. The Labute approximate surface area is 238 Å². The summed E-state index contributed by atoms with van der Waals surface area (Å²) in [4.78, 5) is 17.5. The van der Waals surface area contributed by atoms with Gasteiger partial charge in [-0.1, -0.05) is 34.8 Å². The average Bonchev–Trinajstić information content (AvgIpc) is 3.20. The molecule has 0 aliphatic carbocycles. The van der Waals surface area contributed by atoms with Crippen LogP contribution in [0.2, 0.25) is 15.1 Å². The molecule has 3 aromatic rings. The molecule has 210 valence electrons. The highest BCUT2D eigenvalue weighted by molar-refractivity contribution is 7.86. The van der Waals surface area contributed by atoms with Crippen molar-refractivity contribution in [2.24, 2.45) is 15.3 Å². The predicted molar refractivity (Wildman–Crippen MR) is 138 cm³/mol. The van der Waals surface area contributed by atoms with E-state index >= 15 is 0 Å². The number of azo groups is 1. The number of rotatable bonds is 6. The molecule has 1 aliphatic heterocycles. The minimum absolute atomic E-state index is 0.0983. The Hall–Kier alpha value is -3.19. The summed E-state index contributed by atoms with van der Waals surface area (Å²) in [6.07, 6.45) is -0.528. The summed E-state index contributed by atoms with van der Waals surface area (Å²) in [5.41, 5.74) is -1.41. The van der Waals surface area contributed by atoms with Crippen molar-refractivity contribution in [1.29, 1.82) is 0 Å². The third kappa shape index (κ3) is 5.80. The molecule has 20 heteroatoms. The summed E-state index contributed by atoms with van der Waals surface area (Å²) in [7, 11) is -9.67. The molecule has 2 heterocycles. The van der Waals surface area contributed by atoms with E-state index in [1.807, 2.05) is 0 Å². The lowest BCUT2D eigenvalue weighted by Gasteiger charge is -2.15. The first kappa shape index (κ1) is 29.8. The molecule has 2 aromatic carbocycles. The largest absolute Gasteiger partial charge is 0.311 e. The number of nitrogens with zero attached hydrogens (tertiary/aromatic N) is 6. The van der Waals surface area contributed by atoms with E-state index < -0.39 is 75.3 Å². The summed E-state index contributed by atoms with van der Waals surface area (Å²) in [6.45, 7) is 1.37. The molecule has 0 bridgehead atoms. The van der Waals surface area contributed by atoms with Crippen LogP contribution < -0.4 is 5.01 Å². The Morgan fingerprint density at radius 3 is 2.23 bits per heavy atom. The number of aromatic nitrogens is 2. The molecule has 0 radical (unpaired) electrons. The second kappa shape index (κ2) is 10.7. The van der Waals surface area contributed by atoms with Gasteiger partial charge in [-0.15, -0.1) is 0 Å². The fraction of sp³-hybridized carbons (Fsp3) is 0.100. The van der Waals surface area contributed by atoms with Crippen LogP contribution >= 0.6 is 34.8 Å². The van der Waals surface area contributed by atoms with Crippen molar-refractivity contribution in [2.75, 3.05) is 5.01 Å². The zero-order chi connectivity index (χ0) is 29.7. The molecule has 0 saturated heterocycles. The maximum absolute atomic E-state index is 13.9. The summed E-state index contributed by atoms with van der Waals surface area (Å²) in [5.74, 6) is -2.32. The molecule has 1 unspecified atom stereocenters. The molecule has 0 fully saturated rings. The number of aryl methyl sites for hydroxylation is 1. The van der Waals surface area contributed by atoms with Gasteiger partial charge in [-0.25, -0.2) is 4.98 Å². The lowest BCUT2D eigenvalue weighted by atomic mass is 10.1. The highest BCUT2D eigenvalue weighted by Gasteiger charge is 2.33. The van der Waals surface area contributed by atoms with E-state index in [-0.39, 0.29) is 22.0 Å². The fourth-order valence-electron chi connectivity index (χ4n) is 3.39. The molecular formula is C20H11Cl3F2N6O7S2. The van der Waals surface area contributed by atoms with Gasteiger partial charge in [-0.2, -0.15) is 50.9 Å². The number of hydrogen-bond acceptors (Lipinski definition) is 10. The molecule has 1 atom stereocenters. The van der Waals surface area contributed by atoms with Crippen molar-refractivity contribution in [3.05, 3.63) is 56.9 Å². The van der Waals surface area contributed by atoms with Crippen LogP contribution in [0.1, 0.15) is 5.56 Å². The van der Waals surface area contributed by atoms with E-state index in [1.54, 1.807) is 0 Å². The minimum atomic E-state index is -4.96. The van der Waals surface area contributed by atoms with Crippen molar-refractivity contribution in [1.82, 2.24) is 9.97 Å². The molecule has 0 saturated carbocycles. The van der Waals surface area contributed by atoms with Gasteiger partial charge in [0.1, 0.15) is 14.8 Å². The third-order valence-electron chi connectivity index (χ3n) is 5.20. The zero-order valence-electron chi connectivity index (χ0n) is 19.3. The Bertz CT molecular complexity index is 1870. The Kier molecular flexibility index (Phi) is 7.94. The van der Waals surface area contributed by atoms with Gasteiger partial charge in [0.25, 0.3) is 26.1 Å². The monoisotopic (exact) mass is 654 g/mol. The van der Waals surface area contributed by atoms with Gasteiger partial charge >= 0.3 is 6.08 Å². The number of hydrogen-bond donors (Lipinski definition) is 2. The van der Waals surface area contributed by atoms with Crippen LogP contribution in [0.25, 0.3) is 11.3 Å². The zero-order valence-corrected chi connectivity index (χ0v) is 23.2. The maximum atomic E-state index is 13.9. The fourth-order valence-corrected chi connectivity index (χ4v) is 5.66. The Balaban J connectivity index is 1.72. The Morgan fingerprint density at radius 2 is 1.60 bits per heavy atom. The number of carbonyl (C=O) groups excluding carboxylic acids is 1. The van der Waals surface area contributed by atoms with Crippen LogP contribution in [0, 0.1) is 18.9 Å². The third-order valence-corrected chi connectivity index (χ3v) is 8.05. The SMILES string of the molecule is Cc1cc(S(=O)(=O)O)c(-c2nc(F)nc(F)c2Cl)cc1N=NC1C=NN(c2cc(Cl)c(S(=O)(=O)O)cc2Cl)C1=O. The lowest BCUT2D eigenvalue weighted by Crippen LogP contribution is -2.28. The van der Waals surface area contributed by atoms with Crippen LogP contribution in [0.3, 0.4) is 0 Å². The molecule has 1 amide bonds. The van der Waals surface area contributed by atoms with Crippen molar-refractivity contribution >= 4 is 78.5 Å². The number of hydrazone groups is 1. The van der Waals surface area contributed by atoms with Gasteiger partial charge in [0, 0.05) is 5.56 Å². The van der Waals surface area contributed by atoms with Crippen molar-refractivity contribution in [2.45, 2.75) is 22.8 Å². The summed E-state index contributed by atoms with van der Waals surface area (Å²) < 4.78 is 93.3. The first-order valence-corrected chi connectivity index (χ1v) is 14.3. The van der Waals surface area contributed by atoms with Gasteiger partial charge in [0.15, 0.2) is 6.04 Å². The van der Waals surface area contributed by atoms with Crippen LogP contribution in [0.15, 0.2) is 49.4 Å². The van der Waals surface area contributed by atoms with Crippen LogP contribution in [-0.2, 0) is 25.0 Å². The normalized spacial score (nSPS) is 15.9. The topological polar surface area (TPSA) is 192 Å². The van der Waals surface area contributed by atoms with Gasteiger partial charge in [-0.05, 0) is 36.8 Å². The molecule has 1 aliphatic rings. The van der Waals surface area contributed by atoms with E-state index in [0.29, 0.717) is 0 Å². The van der Waals surface area contributed by atoms with Crippen LogP contribution in [0.5, 0.6) is 0 Å². The molecule has 13 nitrogen and oxygen atoms in total. The average molecular weight is 656 g/mol. The van der Waals surface area contributed by atoms with E-state index in [1.165, 1.54) is 6.92 Å². The molecular weight excluding hydrogens is 645 g/mol. The Morgan fingerprint density at radius 1 is 0.950 bits per heavy atom. The predicted octanol–water partition coefficient (Wildman–Crippen LogP) is 4.67. The van der Waals surface area contributed by atoms with E-state index in [4.69, 9.17) is 34.8 Å². The number of amides is 1. The first-order chi connectivity index (χ1) is 18.5. The van der Waals surface area contributed by atoms with E-state index in [0.717, 1.165) is 35.5 Å². The highest BCUT2D eigenvalue weighted by atomic mass is 35.5. The van der Waals surface area contributed by atoms with Gasteiger partial charge in [0.2, 0.25) is 5.95 Å². The van der Waals surface area contributed by atoms with Crippen molar-refractivity contribution < 1.29 is 39.5 Å². The molecule has 4 rings (SSSR count). The highest BCUT2D eigenvalue weighted by Crippen LogP contribution is 2.38. The minimum Gasteiger partial charge on any atom is -0.282 e. The number of anilines is 1. The molecule has 0 spiro atoms. The number of halogens is 5. The first-order valence-electron chi connectivity index (χ1n) is 10.3. The van der Waals surface area contributed by atoms with Crippen molar-refractivity contribution in [3.63, 3.8) is 0 Å². The molecule has 2 N–H and O–H groups in total. The summed E-state index contributed by atoms with van der Waals surface area (Å²) in [5, 5.41) is 10.8. The van der Waals surface area contributed by atoms with Gasteiger partial charge < -0.3 is 0 Å². The van der Waals surface area contributed by atoms with Gasteiger partial charge in [-0.3, -0.25) is 13.9 Å². The second-order valence-electron chi connectivity index (χ2n) is 7.84. The standard InChI is InChI=1S/C20H11Cl3F2N6O7S2/c1-7-2-14(39(33,34)35)8(17-16(23)18(24)28-20(25)27-17)3-11(7)29-30-12-6-26-31(19(12)32)13-4-10(22)15(5-9(13)21)40(36,37)38/h2-6,12H,1H3,(H,33,34,35)(H,36,37,38). The smallest absolute Gasteiger partial charge is 0.282 e. The maximum Gasteiger partial charge on any atom is 0.311 e. The van der Waals surface area contributed by atoms with E-state index in [2.05, 4.69) is 25.3 Å². The quantitative estimate of drug-likeness (QED) is 0.164. The lowest BCUT2D eigenvalue weighted by molar-refractivity contribution is -0.117. The molecule has 1 aromatic heterocycles. The van der Waals surface area contributed by atoms with Crippen LogP contribution in [-0.4, -0.2) is 54.1 Å². The second-order valence-corrected chi connectivity index (χ2v) is 11.8. The summed E-state index contributed by atoms with van der Waals surface area (Å²) >= 11 is 17.8.